The molecule has 2 N–H and O–H groups in total. The van der Waals surface area contributed by atoms with Crippen molar-refractivity contribution >= 4 is 15.9 Å². The fourth-order valence-electron chi connectivity index (χ4n) is 1.41. The van der Waals surface area contributed by atoms with E-state index in [-0.39, 0.29) is 6.04 Å². The molecule has 0 heterocycles. The predicted octanol–water partition coefficient (Wildman–Crippen LogP) is 1.97. The van der Waals surface area contributed by atoms with Crippen molar-refractivity contribution in [2.45, 2.75) is 12.5 Å². The Hall–Kier alpha value is -0.580. The maximum Gasteiger partial charge on any atom is 0.133 e. The molecule has 1 aromatic carbocycles. The number of ether oxygens (including phenoxy) is 2. The second-order valence-electron chi connectivity index (χ2n) is 3.39. The Kier molecular flexibility index (Phi) is 5.08. The topological polar surface area (TPSA) is 44.5 Å². The molecule has 1 unspecified atom stereocenters. The van der Waals surface area contributed by atoms with Crippen LogP contribution in [0.1, 0.15) is 5.56 Å². The van der Waals surface area contributed by atoms with Crippen LogP contribution in [0.2, 0.25) is 0 Å². The third-order valence-corrected chi connectivity index (χ3v) is 2.71. The number of benzene rings is 1. The third-order valence-electron chi connectivity index (χ3n) is 2.09. The summed E-state index contributed by atoms with van der Waals surface area (Å²) in [5.74, 6) is 0.832. The highest BCUT2D eigenvalue weighted by atomic mass is 79.9. The largest absolute Gasteiger partial charge is 0.496 e. The van der Waals surface area contributed by atoms with Crippen molar-refractivity contribution in [3.05, 3.63) is 28.2 Å². The molecule has 3 nitrogen and oxygen atoms in total. The molecule has 0 radical (unpaired) electrons. The van der Waals surface area contributed by atoms with Crippen LogP contribution < -0.4 is 10.5 Å². The predicted molar refractivity (Wildman–Crippen MR) is 64.2 cm³/mol. The molecular formula is C11H16BrNO2. The van der Waals surface area contributed by atoms with Gasteiger partial charge in [-0.25, -0.2) is 0 Å². The van der Waals surface area contributed by atoms with Gasteiger partial charge in [-0.15, -0.1) is 0 Å². The zero-order valence-corrected chi connectivity index (χ0v) is 10.6. The molecule has 15 heavy (non-hydrogen) atoms. The summed E-state index contributed by atoms with van der Waals surface area (Å²) < 4.78 is 11.1. The fourth-order valence-corrected chi connectivity index (χ4v) is 2.00. The van der Waals surface area contributed by atoms with Crippen molar-refractivity contribution in [1.82, 2.24) is 0 Å². The fraction of sp³-hybridized carbons (Fsp3) is 0.455. The Morgan fingerprint density at radius 1 is 1.40 bits per heavy atom. The molecule has 1 aromatic rings. The van der Waals surface area contributed by atoms with E-state index in [1.54, 1.807) is 14.2 Å². The second-order valence-corrected chi connectivity index (χ2v) is 4.24. The summed E-state index contributed by atoms with van der Waals surface area (Å²) in [4.78, 5) is 0. The van der Waals surface area contributed by atoms with Gasteiger partial charge < -0.3 is 15.2 Å². The van der Waals surface area contributed by atoms with Crippen molar-refractivity contribution in [2.75, 3.05) is 20.8 Å². The van der Waals surface area contributed by atoms with Gasteiger partial charge in [-0.2, -0.15) is 0 Å². The summed E-state index contributed by atoms with van der Waals surface area (Å²) in [6.07, 6.45) is 0.802. The van der Waals surface area contributed by atoms with E-state index < -0.39 is 0 Å². The lowest BCUT2D eigenvalue weighted by atomic mass is 10.1. The van der Waals surface area contributed by atoms with Crippen molar-refractivity contribution in [3.8, 4) is 5.75 Å². The normalized spacial score (nSPS) is 12.5. The molecule has 0 aliphatic carbocycles. The van der Waals surface area contributed by atoms with Crippen LogP contribution in [-0.4, -0.2) is 26.9 Å². The van der Waals surface area contributed by atoms with Crippen LogP contribution in [0.5, 0.6) is 5.75 Å². The minimum absolute atomic E-state index is 0.0373. The van der Waals surface area contributed by atoms with Gasteiger partial charge in [-0.1, -0.05) is 6.07 Å². The Balaban J connectivity index is 2.66. The smallest absolute Gasteiger partial charge is 0.133 e. The van der Waals surface area contributed by atoms with E-state index in [0.717, 1.165) is 16.6 Å². The van der Waals surface area contributed by atoms with Crippen LogP contribution in [0, 0.1) is 0 Å². The molecule has 0 saturated heterocycles. The third kappa shape index (κ3) is 3.81. The minimum Gasteiger partial charge on any atom is -0.496 e. The van der Waals surface area contributed by atoms with Crippen LogP contribution in [-0.2, 0) is 11.2 Å². The van der Waals surface area contributed by atoms with E-state index in [1.165, 1.54) is 5.56 Å². The quantitative estimate of drug-likeness (QED) is 0.892. The molecular weight excluding hydrogens is 258 g/mol. The number of halogens is 1. The number of hydrogen-bond acceptors (Lipinski definition) is 3. The lowest BCUT2D eigenvalue weighted by molar-refractivity contribution is 0.180. The van der Waals surface area contributed by atoms with E-state index in [9.17, 15) is 0 Å². The maximum atomic E-state index is 5.87. The Labute approximate surface area is 98.7 Å². The monoisotopic (exact) mass is 273 g/mol. The molecule has 0 spiro atoms. The zero-order valence-electron chi connectivity index (χ0n) is 9.00. The molecule has 0 saturated carbocycles. The molecule has 0 aliphatic heterocycles. The van der Waals surface area contributed by atoms with Crippen LogP contribution >= 0.6 is 15.9 Å². The number of hydrogen-bond donors (Lipinski definition) is 1. The van der Waals surface area contributed by atoms with Gasteiger partial charge >= 0.3 is 0 Å². The summed E-state index contributed by atoms with van der Waals surface area (Å²) in [7, 11) is 3.31. The Morgan fingerprint density at radius 3 is 2.67 bits per heavy atom. The van der Waals surface area contributed by atoms with Crippen LogP contribution in [0.3, 0.4) is 0 Å². The summed E-state index contributed by atoms with van der Waals surface area (Å²) >= 11 is 3.44. The number of nitrogens with two attached hydrogens (primary N) is 1. The van der Waals surface area contributed by atoms with Gasteiger partial charge in [0.05, 0.1) is 18.2 Å². The lowest BCUT2D eigenvalue weighted by Crippen LogP contribution is -2.27. The molecule has 0 bridgehead atoms. The molecule has 0 aliphatic rings. The second kappa shape index (κ2) is 6.10. The summed E-state index contributed by atoms with van der Waals surface area (Å²) in [5, 5.41) is 0. The van der Waals surface area contributed by atoms with E-state index in [1.807, 2.05) is 18.2 Å². The minimum atomic E-state index is 0.0373. The average molecular weight is 274 g/mol. The van der Waals surface area contributed by atoms with Crippen LogP contribution in [0.25, 0.3) is 0 Å². The first kappa shape index (κ1) is 12.5. The van der Waals surface area contributed by atoms with Crippen molar-refractivity contribution in [2.24, 2.45) is 5.73 Å². The summed E-state index contributed by atoms with van der Waals surface area (Å²) in [5.41, 5.74) is 7.04. The van der Waals surface area contributed by atoms with Crippen molar-refractivity contribution < 1.29 is 9.47 Å². The van der Waals surface area contributed by atoms with Crippen molar-refractivity contribution in [3.63, 3.8) is 0 Å². The maximum absolute atomic E-state index is 5.87. The molecule has 1 atom stereocenters. The highest BCUT2D eigenvalue weighted by Crippen LogP contribution is 2.25. The van der Waals surface area contributed by atoms with Gasteiger partial charge in [0.2, 0.25) is 0 Å². The Morgan fingerprint density at radius 2 is 2.13 bits per heavy atom. The first-order valence-electron chi connectivity index (χ1n) is 4.74. The summed E-state index contributed by atoms with van der Waals surface area (Å²) in [6, 6.07) is 6.00. The standard InChI is InChI=1S/C11H16BrNO2/c1-14-7-9(13)5-8-3-4-11(15-2)10(12)6-8/h3-4,6,9H,5,7,13H2,1-2H3. The van der Waals surface area contributed by atoms with E-state index >= 15 is 0 Å². The van der Waals surface area contributed by atoms with E-state index in [4.69, 9.17) is 15.2 Å². The lowest BCUT2D eigenvalue weighted by Gasteiger charge is -2.11. The first-order valence-corrected chi connectivity index (χ1v) is 5.53. The molecule has 84 valence electrons. The first-order chi connectivity index (χ1) is 7.17. The Bertz CT molecular complexity index is 317. The van der Waals surface area contributed by atoms with Gasteiger partial charge in [0.1, 0.15) is 5.75 Å². The van der Waals surface area contributed by atoms with Crippen LogP contribution in [0.15, 0.2) is 22.7 Å². The van der Waals surface area contributed by atoms with Gasteiger partial charge in [0.25, 0.3) is 0 Å². The van der Waals surface area contributed by atoms with E-state index in [2.05, 4.69) is 15.9 Å². The zero-order chi connectivity index (χ0) is 11.3. The number of methoxy groups -OCH3 is 2. The number of rotatable bonds is 5. The highest BCUT2D eigenvalue weighted by molar-refractivity contribution is 9.10. The average Bonchev–Trinajstić information content (AvgIpc) is 2.18. The summed E-state index contributed by atoms with van der Waals surface area (Å²) in [6.45, 7) is 0.573. The highest BCUT2D eigenvalue weighted by Gasteiger charge is 2.06. The van der Waals surface area contributed by atoms with Gasteiger partial charge in [0.15, 0.2) is 0 Å². The molecule has 4 heteroatoms. The molecule has 0 fully saturated rings. The van der Waals surface area contributed by atoms with Gasteiger partial charge in [-0.05, 0) is 40.0 Å². The van der Waals surface area contributed by atoms with E-state index in [0.29, 0.717) is 6.61 Å². The molecule has 1 rings (SSSR count). The molecule has 0 aromatic heterocycles. The van der Waals surface area contributed by atoms with Gasteiger partial charge in [0, 0.05) is 13.2 Å². The SMILES string of the molecule is COCC(N)Cc1ccc(OC)c(Br)c1. The van der Waals surface area contributed by atoms with Crippen LogP contribution in [0.4, 0.5) is 0 Å². The molecule has 0 amide bonds. The van der Waals surface area contributed by atoms with Gasteiger partial charge in [-0.3, -0.25) is 0 Å². The van der Waals surface area contributed by atoms with Crippen molar-refractivity contribution in [1.29, 1.82) is 0 Å².